The molecule has 0 aromatic heterocycles. The fraction of sp³-hybridized carbons (Fsp3) is 0.333. The van der Waals surface area contributed by atoms with Gasteiger partial charge in [-0.05, 0) is 36.6 Å². The molecule has 0 saturated carbocycles. The first-order valence-electron chi connectivity index (χ1n) is 9.02. The highest BCUT2D eigenvalue weighted by atomic mass is 16.2. The number of piperazine rings is 1. The van der Waals surface area contributed by atoms with E-state index >= 15 is 0 Å². The molecule has 0 spiro atoms. The quantitative estimate of drug-likeness (QED) is 0.918. The Kier molecular flexibility index (Phi) is 5.43. The van der Waals surface area contributed by atoms with Crippen LogP contribution in [0.3, 0.4) is 0 Å². The van der Waals surface area contributed by atoms with Gasteiger partial charge in [-0.25, -0.2) is 4.79 Å². The lowest BCUT2D eigenvalue weighted by atomic mass is 10.1. The van der Waals surface area contributed by atoms with E-state index in [-0.39, 0.29) is 6.03 Å². The molecule has 1 saturated heterocycles. The van der Waals surface area contributed by atoms with Gasteiger partial charge in [0, 0.05) is 31.9 Å². The van der Waals surface area contributed by atoms with Crippen molar-refractivity contribution in [2.75, 3.05) is 36.4 Å². The third kappa shape index (κ3) is 3.65. The first kappa shape index (κ1) is 17.8. The van der Waals surface area contributed by atoms with Gasteiger partial charge >= 0.3 is 6.03 Å². The largest absolute Gasteiger partial charge is 0.367 e. The summed E-state index contributed by atoms with van der Waals surface area (Å²) in [6, 6.07) is 15.9. The first-order chi connectivity index (χ1) is 12.6. The average molecular weight is 348 g/mol. The van der Waals surface area contributed by atoms with E-state index < -0.39 is 0 Å². The molecule has 2 aromatic rings. The zero-order chi connectivity index (χ0) is 18.5. The van der Waals surface area contributed by atoms with Gasteiger partial charge in [-0.1, -0.05) is 37.3 Å². The summed E-state index contributed by atoms with van der Waals surface area (Å²) in [5.74, 6) is 0. The van der Waals surface area contributed by atoms with Crippen LogP contribution in [0.4, 0.5) is 16.2 Å². The van der Waals surface area contributed by atoms with E-state index in [0.29, 0.717) is 18.7 Å². The van der Waals surface area contributed by atoms with Gasteiger partial charge in [0.05, 0.1) is 11.3 Å². The van der Waals surface area contributed by atoms with Crippen LogP contribution in [0, 0.1) is 18.3 Å². The van der Waals surface area contributed by atoms with E-state index in [1.807, 2.05) is 48.2 Å². The minimum atomic E-state index is -0.0535. The molecule has 0 radical (unpaired) electrons. The van der Waals surface area contributed by atoms with Crippen molar-refractivity contribution in [3.8, 4) is 6.07 Å². The minimum absolute atomic E-state index is 0.0535. The maximum atomic E-state index is 12.7. The molecule has 1 heterocycles. The van der Waals surface area contributed by atoms with Crippen LogP contribution >= 0.6 is 0 Å². The number of aryl methyl sites for hydroxylation is 2. The molecule has 1 aliphatic rings. The van der Waals surface area contributed by atoms with Crippen molar-refractivity contribution in [1.29, 1.82) is 5.26 Å². The van der Waals surface area contributed by atoms with Gasteiger partial charge in [0.2, 0.25) is 0 Å². The highest BCUT2D eigenvalue weighted by molar-refractivity contribution is 5.91. The van der Waals surface area contributed by atoms with Crippen LogP contribution in [0.25, 0.3) is 0 Å². The number of benzene rings is 2. The smallest absolute Gasteiger partial charge is 0.321 e. The van der Waals surface area contributed by atoms with Crippen molar-refractivity contribution in [2.45, 2.75) is 20.3 Å². The Morgan fingerprint density at radius 3 is 2.54 bits per heavy atom. The maximum absolute atomic E-state index is 12.7. The second kappa shape index (κ2) is 7.92. The molecule has 1 aliphatic heterocycles. The number of urea groups is 1. The number of nitriles is 1. The topological polar surface area (TPSA) is 59.4 Å². The van der Waals surface area contributed by atoms with Crippen LogP contribution in [-0.2, 0) is 6.42 Å². The summed E-state index contributed by atoms with van der Waals surface area (Å²) < 4.78 is 0. The Labute approximate surface area is 154 Å². The minimum Gasteiger partial charge on any atom is -0.367 e. The highest BCUT2D eigenvalue weighted by Gasteiger charge is 2.23. The van der Waals surface area contributed by atoms with E-state index in [9.17, 15) is 10.1 Å². The van der Waals surface area contributed by atoms with Crippen LogP contribution in [0.15, 0.2) is 42.5 Å². The Balaban J connectivity index is 1.65. The highest BCUT2D eigenvalue weighted by Crippen LogP contribution is 2.23. The first-order valence-corrected chi connectivity index (χ1v) is 9.02. The fourth-order valence-electron chi connectivity index (χ4n) is 3.38. The summed E-state index contributed by atoms with van der Waals surface area (Å²) in [5, 5.41) is 12.4. The van der Waals surface area contributed by atoms with Gasteiger partial charge in [0.15, 0.2) is 0 Å². The second-order valence-corrected chi connectivity index (χ2v) is 6.50. The number of nitrogens with one attached hydrogen (secondary N) is 1. The van der Waals surface area contributed by atoms with Gasteiger partial charge < -0.3 is 15.1 Å². The molecule has 0 atom stereocenters. The van der Waals surface area contributed by atoms with Crippen LogP contribution in [-0.4, -0.2) is 37.1 Å². The molecule has 26 heavy (non-hydrogen) atoms. The Morgan fingerprint density at radius 1 is 1.12 bits per heavy atom. The van der Waals surface area contributed by atoms with Gasteiger partial charge in [0.1, 0.15) is 6.07 Å². The normalized spacial score (nSPS) is 14.0. The molecule has 134 valence electrons. The SMILES string of the molecule is CCc1cccc(C)c1NC(=O)N1CCN(c2ccccc2C#N)CC1. The number of hydrogen-bond acceptors (Lipinski definition) is 3. The lowest BCUT2D eigenvalue weighted by molar-refractivity contribution is 0.208. The zero-order valence-electron chi connectivity index (χ0n) is 15.3. The number of hydrogen-bond donors (Lipinski definition) is 1. The lowest BCUT2D eigenvalue weighted by Gasteiger charge is -2.36. The number of carbonyl (C=O) groups excluding carboxylic acids is 1. The zero-order valence-corrected chi connectivity index (χ0v) is 15.3. The Bertz CT molecular complexity index is 832. The Morgan fingerprint density at radius 2 is 1.85 bits per heavy atom. The molecule has 2 aromatic carbocycles. The number of carbonyl (C=O) groups is 1. The summed E-state index contributed by atoms with van der Waals surface area (Å²) in [6.45, 7) is 6.83. The Hall–Kier alpha value is -3.00. The van der Waals surface area contributed by atoms with E-state index in [1.165, 1.54) is 0 Å². The summed E-state index contributed by atoms with van der Waals surface area (Å²) in [4.78, 5) is 16.7. The van der Waals surface area contributed by atoms with Crippen LogP contribution < -0.4 is 10.2 Å². The molecule has 0 bridgehead atoms. The predicted octanol–water partition coefficient (Wildman–Crippen LogP) is 3.78. The molecular formula is C21H24N4O. The number of rotatable bonds is 3. The lowest BCUT2D eigenvalue weighted by Crippen LogP contribution is -2.50. The molecule has 0 aliphatic carbocycles. The third-order valence-corrected chi connectivity index (χ3v) is 4.90. The molecule has 1 N–H and O–H groups in total. The van der Waals surface area contributed by atoms with Gasteiger partial charge in [0.25, 0.3) is 0 Å². The van der Waals surface area contributed by atoms with Gasteiger partial charge in [-0.3, -0.25) is 0 Å². The predicted molar refractivity (Wildman–Crippen MR) is 105 cm³/mol. The fourth-order valence-corrected chi connectivity index (χ4v) is 3.38. The molecule has 1 fully saturated rings. The van der Waals surface area contributed by atoms with Crippen LogP contribution in [0.2, 0.25) is 0 Å². The molecule has 5 heteroatoms. The molecule has 5 nitrogen and oxygen atoms in total. The van der Waals surface area contributed by atoms with E-state index in [1.54, 1.807) is 0 Å². The van der Waals surface area contributed by atoms with Crippen molar-refractivity contribution in [3.05, 3.63) is 59.2 Å². The second-order valence-electron chi connectivity index (χ2n) is 6.50. The van der Waals surface area contributed by atoms with Crippen LogP contribution in [0.5, 0.6) is 0 Å². The van der Waals surface area contributed by atoms with Crippen molar-refractivity contribution in [3.63, 3.8) is 0 Å². The standard InChI is InChI=1S/C21H24N4O/c1-3-17-9-6-7-16(2)20(17)23-21(26)25-13-11-24(12-14-25)19-10-5-4-8-18(19)15-22/h4-10H,3,11-14H2,1-2H3,(H,23,26). The number of nitrogens with zero attached hydrogens (tertiary/aromatic N) is 3. The average Bonchev–Trinajstić information content (AvgIpc) is 2.69. The van der Waals surface area contributed by atoms with Crippen LogP contribution in [0.1, 0.15) is 23.6 Å². The van der Waals surface area contributed by atoms with E-state index in [4.69, 9.17) is 0 Å². The summed E-state index contributed by atoms with van der Waals surface area (Å²) in [6.07, 6.45) is 0.885. The number of anilines is 2. The van der Waals surface area contributed by atoms with Crippen molar-refractivity contribution in [1.82, 2.24) is 4.90 Å². The number of para-hydroxylation sites is 2. The summed E-state index contributed by atoms with van der Waals surface area (Å²) >= 11 is 0. The molecule has 3 rings (SSSR count). The molecular weight excluding hydrogens is 324 g/mol. The maximum Gasteiger partial charge on any atom is 0.321 e. The van der Waals surface area contributed by atoms with Crippen molar-refractivity contribution >= 4 is 17.4 Å². The monoisotopic (exact) mass is 348 g/mol. The molecule has 2 amide bonds. The van der Waals surface area contributed by atoms with Gasteiger partial charge in [-0.15, -0.1) is 0 Å². The summed E-state index contributed by atoms with van der Waals surface area (Å²) in [5.41, 5.74) is 4.79. The number of amides is 2. The summed E-state index contributed by atoms with van der Waals surface area (Å²) in [7, 11) is 0. The van der Waals surface area contributed by atoms with Crippen molar-refractivity contribution in [2.24, 2.45) is 0 Å². The van der Waals surface area contributed by atoms with Gasteiger partial charge in [-0.2, -0.15) is 5.26 Å². The van der Waals surface area contributed by atoms with E-state index in [0.717, 1.165) is 42.0 Å². The third-order valence-electron chi connectivity index (χ3n) is 4.90. The van der Waals surface area contributed by atoms with Crippen molar-refractivity contribution < 1.29 is 4.79 Å². The molecule has 0 unspecified atom stereocenters. The van der Waals surface area contributed by atoms with E-state index in [2.05, 4.69) is 29.3 Å².